The molecule has 112 valence electrons. The second kappa shape index (κ2) is 9.32. The molecule has 2 aromatic carbocycles. The molecule has 0 heterocycles. The topological polar surface area (TPSA) is 41.1 Å². The van der Waals surface area contributed by atoms with Gasteiger partial charge in [-0.3, -0.25) is 4.79 Å². The van der Waals surface area contributed by atoms with Crippen LogP contribution in [-0.4, -0.2) is 18.7 Å². The molecule has 1 amide bonds. The van der Waals surface area contributed by atoms with Crippen LogP contribution in [0.5, 0.6) is 0 Å². The number of benzene rings is 2. The van der Waals surface area contributed by atoms with Gasteiger partial charge in [-0.2, -0.15) is 0 Å². The number of thioether (sulfide) groups is 1. The lowest BCUT2D eigenvalue weighted by atomic mass is 10.2. The van der Waals surface area contributed by atoms with E-state index in [2.05, 4.69) is 22.8 Å². The molecule has 0 spiro atoms. The lowest BCUT2D eigenvalue weighted by molar-refractivity contribution is -0.119. The minimum Gasteiger partial charge on any atom is -0.376 e. The number of amides is 1. The number of hydrogen-bond acceptors (Lipinski definition) is 3. The maximum absolute atomic E-state index is 11.7. The predicted molar refractivity (Wildman–Crippen MR) is 92.2 cm³/mol. The van der Waals surface area contributed by atoms with Crippen LogP contribution in [0, 0.1) is 0 Å². The van der Waals surface area contributed by atoms with E-state index in [1.165, 1.54) is 4.90 Å². The highest BCUT2D eigenvalue weighted by Gasteiger charge is 2.01. The van der Waals surface area contributed by atoms with Crippen LogP contribution in [0.3, 0.4) is 0 Å². The van der Waals surface area contributed by atoms with Crippen molar-refractivity contribution in [2.75, 3.05) is 18.1 Å². The molecule has 0 saturated carbocycles. The Hall–Kier alpha value is -1.65. The van der Waals surface area contributed by atoms with Crippen LogP contribution in [0.4, 0.5) is 5.69 Å². The van der Waals surface area contributed by atoms with Crippen molar-refractivity contribution in [2.24, 2.45) is 0 Å². The Morgan fingerprint density at radius 1 is 1.05 bits per heavy atom. The Kier molecular flexibility index (Phi) is 7.72. The summed E-state index contributed by atoms with van der Waals surface area (Å²) >= 11 is 1.71. The van der Waals surface area contributed by atoms with Crippen LogP contribution in [-0.2, 0) is 11.3 Å². The Morgan fingerprint density at radius 2 is 1.71 bits per heavy atom. The van der Waals surface area contributed by atoms with Crippen molar-refractivity contribution < 1.29 is 4.79 Å². The summed E-state index contributed by atoms with van der Waals surface area (Å²) in [6.45, 7) is 0.844. The summed E-state index contributed by atoms with van der Waals surface area (Å²) in [7, 11) is 0. The first-order chi connectivity index (χ1) is 9.78. The lowest BCUT2D eigenvalue weighted by Gasteiger charge is -2.08. The van der Waals surface area contributed by atoms with E-state index in [0.29, 0.717) is 6.54 Å². The summed E-state index contributed by atoms with van der Waals surface area (Å²) in [6, 6.07) is 17.9. The maximum atomic E-state index is 11.7. The van der Waals surface area contributed by atoms with Gasteiger partial charge in [-0.25, -0.2) is 0 Å². The van der Waals surface area contributed by atoms with E-state index in [1.807, 2.05) is 48.7 Å². The zero-order valence-corrected chi connectivity index (χ0v) is 13.5. The largest absolute Gasteiger partial charge is 0.376 e. The number of nitrogens with one attached hydrogen (secondary N) is 2. The first-order valence-electron chi connectivity index (χ1n) is 6.46. The van der Waals surface area contributed by atoms with E-state index in [0.717, 1.165) is 11.3 Å². The minimum absolute atomic E-state index is 0. The van der Waals surface area contributed by atoms with Crippen LogP contribution in [0.2, 0.25) is 0 Å². The first-order valence-corrected chi connectivity index (χ1v) is 7.69. The number of carbonyl (C=O) groups is 1. The van der Waals surface area contributed by atoms with E-state index in [4.69, 9.17) is 0 Å². The first kappa shape index (κ1) is 17.4. The predicted octanol–water partition coefficient (Wildman–Crippen LogP) is 3.56. The fraction of sp³-hybridized carbons (Fsp3) is 0.188. The third-order valence-electron chi connectivity index (χ3n) is 2.88. The van der Waals surface area contributed by atoms with Gasteiger partial charge in [0.15, 0.2) is 0 Å². The monoisotopic (exact) mass is 322 g/mol. The third kappa shape index (κ3) is 6.10. The molecule has 2 N–H and O–H groups in total. The lowest BCUT2D eigenvalue weighted by Crippen LogP contribution is -2.29. The maximum Gasteiger partial charge on any atom is 0.239 e. The fourth-order valence-corrected chi connectivity index (χ4v) is 2.15. The second-order valence-electron chi connectivity index (χ2n) is 4.34. The molecule has 0 atom stereocenters. The summed E-state index contributed by atoms with van der Waals surface area (Å²) in [6.07, 6.45) is 2.05. The van der Waals surface area contributed by atoms with Crippen molar-refractivity contribution in [1.82, 2.24) is 5.32 Å². The van der Waals surface area contributed by atoms with E-state index < -0.39 is 0 Å². The van der Waals surface area contributed by atoms with Gasteiger partial charge in [0.2, 0.25) is 5.91 Å². The summed E-state index contributed by atoms with van der Waals surface area (Å²) in [5.41, 5.74) is 2.06. The van der Waals surface area contributed by atoms with Crippen molar-refractivity contribution in [3.05, 3.63) is 60.2 Å². The van der Waals surface area contributed by atoms with Gasteiger partial charge in [-0.05, 0) is 36.1 Å². The van der Waals surface area contributed by atoms with E-state index >= 15 is 0 Å². The van der Waals surface area contributed by atoms with Crippen molar-refractivity contribution >= 4 is 35.8 Å². The molecule has 0 aliphatic carbocycles. The number of para-hydroxylation sites is 1. The van der Waals surface area contributed by atoms with Gasteiger partial charge in [0, 0.05) is 17.1 Å². The van der Waals surface area contributed by atoms with Crippen LogP contribution >= 0.6 is 24.2 Å². The van der Waals surface area contributed by atoms with Crippen LogP contribution in [0.25, 0.3) is 0 Å². The normalized spacial score (nSPS) is 9.57. The summed E-state index contributed by atoms with van der Waals surface area (Å²) in [5.74, 6) is -0.0113. The minimum atomic E-state index is -0.0113. The quantitative estimate of drug-likeness (QED) is 0.799. The zero-order chi connectivity index (χ0) is 14.2. The van der Waals surface area contributed by atoms with Gasteiger partial charge in [0.25, 0.3) is 0 Å². The van der Waals surface area contributed by atoms with Gasteiger partial charge in [-0.1, -0.05) is 30.3 Å². The molecule has 3 nitrogen and oxygen atoms in total. The van der Waals surface area contributed by atoms with Crippen molar-refractivity contribution in [3.8, 4) is 0 Å². The molecule has 0 aliphatic rings. The van der Waals surface area contributed by atoms with Crippen molar-refractivity contribution in [1.29, 1.82) is 0 Å². The summed E-state index contributed by atoms with van der Waals surface area (Å²) < 4.78 is 0. The molecule has 5 heteroatoms. The molecule has 0 aromatic heterocycles. The molecule has 0 unspecified atom stereocenters. The Labute approximate surface area is 135 Å². The summed E-state index contributed by atoms with van der Waals surface area (Å²) in [5, 5.41) is 5.98. The van der Waals surface area contributed by atoms with E-state index in [-0.39, 0.29) is 24.9 Å². The van der Waals surface area contributed by atoms with Crippen molar-refractivity contribution in [2.45, 2.75) is 11.4 Å². The van der Waals surface area contributed by atoms with E-state index in [1.54, 1.807) is 11.8 Å². The molecule has 0 radical (unpaired) electrons. The standard InChI is InChI=1S/C16H18N2OS.ClH/c1-20-15-9-7-13(8-10-15)11-18-16(19)12-17-14-5-3-2-4-6-14;/h2-10,17H,11-12H2,1H3,(H,18,19);1H. The fourth-order valence-electron chi connectivity index (χ4n) is 1.74. The van der Waals surface area contributed by atoms with Crippen LogP contribution in [0.1, 0.15) is 5.56 Å². The summed E-state index contributed by atoms with van der Waals surface area (Å²) in [4.78, 5) is 13.0. The van der Waals surface area contributed by atoms with Gasteiger partial charge in [0.05, 0.1) is 6.54 Å². The molecular weight excluding hydrogens is 304 g/mol. The molecule has 0 fully saturated rings. The average Bonchev–Trinajstić information content (AvgIpc) is 2.52. The third-order valence-corrected chi connectivity index (χ3v) is 3.62. The highest BCUT2D eigenvalue weighted by atomic mass is 35.5. The number of halogens is 1. The van der Waals surface area contributed by atoms with Crippen LogP contribution in [0.15, 0.2) is 59.5 Å². The smallest absolute Gasteiger partial charge is 0.239 e. The highest BCUT2D eigenvalue weighted by molar-refractivity contribution is 7.98. The molecule has 2 aromatic rings. The van der Waals surface area contributed by atoms with Gasteiger partial charge < -0.3 is 10.6 Å². The molecule has 2 rings (SSSR count). The molecule has 0 saturated heterocycles. The zero-order valence-electron chi connectivity index (χ0n) is 11.8. The number of hydrogen-bond donors (Lipinski definition) is 2. The number of carbonyl (C=O) groups excluding carboxylic acids is 1. The van der Waals surface area contributed by atoms with Gasteiger partial charge in [-0.15, -0.1) is 24.2 Å². The number of anilines is 1. The Morgan fingerprint density at radius 3 is 2.33 bits per heavy atom. The van der Waals surface area contributed by atoms with Crippen molar-refractivity contribution in [3.63, 3.8) is 0 Å². The Bertz CT molecular complexity index is 546. The molecule has 0 bridgehead atoms. The molecule has 0 aliphatic heterocycles. The second-order valence-corrected chi connectivity index (χ2v) is 5.22. The molecule has 21 heavy (non-hydrogen) atoms. The SMILES string of the molecule is CSc1ccc(CNC(=O)CNc2ccccc2)cc1.Cl. The van der Waals surface area contributed by atoms with Gasteiger partial charge in [0.1, 0.15) is 0 Å². The number of rotatable bonds is 6. The Balaban J connectivity index is 0.00000220. The van der Waals surface area contributed by atoms with E-state index in [9.17, 15) is 4.79 Å². The van der Waals surface area contributed by atoms with Gasteiger partial charge >= 0.3 is 0 Å². The van der Waals surface area contributed by atoms with Crippen LogP contribution < -0.4 is 10.6 Å². The highest BCUT2D eigenvalue weighted by Crippen LogP contribution is 2.14. The average molecular weight is 323 g/mol. The molecular formula is C16H19ClN2OS.